The van der Waals surface area contributed by atoms with Gasteiger partial charge in [0.2, 0.25) is 0 Å². The molecule has 3 aromatic carbocycles. The number of rotatable bonds is 4. The maximum atomic E-state index is 5.46. The molecule has 1 fully saturated rings. The fourth-order valence-corrected chi connectivity index (χ4v) is 4.75. The van der Waals surface area contributed by atoms with E-state index in [2.05, 4.69) is 79.8 Å². The quantitative estimate of drug-likeness (QED) is 0.400. The number of thiazole rings is 1. The third kappa shape index (κ3) is 3.66. The van der Waals surface area contributed by atoms with E-state index < -0.39 is 0 Å². The van der Waals surface area contributed by atoms with Crippen LogP contribution in [0, 0.1) is 0 Å². The largest absolute Gasteiger partial charge is 0.378 e. The summed E-state index contributed by atoms with van der Waals surface area (Å²) in [7, 11) is 0. The second-order valence-corrected chi connectivity index (χ2v) is 8.65. The minimum atomic E-state index is 0.791. The van der Waals surface area contributed by atoms with Crippen LogP contribution in [-0.2, 0) is 4.74 Å². The van der Waals surface area contributed by atoms with Crippen LogP contribution in [0.5, 0.6) is 0 Å². The van der Waals surface area contributed by atoms with E-state index in [1.807, 2.05) is 11.6 Å². The van der Waals surface area contributed by atoms with E-state index in [0.717, 1.165) is 59.8 Å². The highest BCUT2D eigenvalue weighted by molar-refractivity contribution is 7.16. The third-order valence-corrected chi connectivity index (χ3v) is 6.62. The van der Waals surface area contributed by atoms with Gasteiger partial charge in [0.25, 0.3) is 0 Å². The van der Waals surface area contributed by atoms with Crippen LogP contribution >= 0.6 is 11.3 Å². The van der Waals surface area contributed by atoms with E-state index in [1.165, 1.54) is 16.0 Å². The topological polar surface area (TPSA) is 63.2 Å². The van der Waals surface area contributed by atoms with Gasteiger partial charge in [-0.2, -0.15) is 0 Å². The molecular weight excluding hydrogens is 418 g/mol. The van der Waals surface area contributed by atoms with E-state index in [1.54, 1.807) is 17.7 Å². The molecule has 0 unspecified atom stereocenters. The van der Waals surface area contributed by atoms with Gasteiger partial charge in [-0.15, -0.1) is 11.3 Å². The van der Waals surface area contributed by atoms with E-state index in [9.17, 15) is 0 Å². The molecule has 0 spiro atoms. The van der Waals surface area contributed by atoms with Gasteiger partial charge in [-0.25, -0.2) is 15.0 Å². The van der Waals surface area contributed by atoms with Crippen LogP contribution in [0.3, 0.4) is 0 Å². The van der Waals surface area contributed by atoms with Gasteiger partial charge in [0, 0.05) is 29.9 Å². The Balaban J connectivity index is 1.28. The number of morpholine rings is 1. The van der Waals surface area contributed by atoms with Crippen molar-refractivity contribution in [2.24, 2.45) is 0 Å². The maximum Gasteiger partial charge on any atom is 0.141 e. The van der Waals surface area contributed by atoms with Crippen molar-refractivity contribution in [1.82, 2.24) is 15.0 Å². The summed E-state index contributed by atoms with van der Waals surface area (Å²) in [6.07, 6.45) is 1.61. The fraction of sp³-hybridized carbons (Fsp3) is 0.160. The number of fused-ring (bicyclic) bond motifs is 2. The first-order chi connectivity index (χ1) is 15.8. The first kappa shape index (κ1) is 19.2. The normalized spacial score (nSPS) is 14.2. The van der Waals surface area contributed by atoms with Crippen LogP contribution in [0.1, 0.15) is 0 Å². The lowest BCUT2D eigenvalue weighted by Crippen LogP contribution is -2.36. The lowest BCUT2D eigenvalue weighted by molar-refractivity contribution is 0.122. The van der Waals surface area contributed by atoms with Crippen molar-refractivity contribution < 1.29 is 4.74 Å². The van der Waals surface area contributed by atoms with Crippen molar-refractivity contribution in [3.63, 3.8) is 0 Å². The Morgan fingerprint density at radius 3 is 2.53 bits per heavy atom. The maximum absolute atomic E-state index is 5.46. The molecule has 32 heavy (non-hydrogen) atoms. The summed E-state index contributed by atoms with van der Waals surface area (Å²) in [6.45, 7) is 3.47. The van der Waals surface area contributed by atoms with Crippen LogP contribution in [0.15, 0.2) is 72.5 Å². The summed E-state index contributed by atoms with van der Waals surface area (Å²) in [5.41, 5.74) is 8.28. The van der Waals surface area contributed by atoms with Gasteiger partial charge in [0.05, 0.1) is 34.5 Å². The van der Waals surface area contributed by atoms with E-state index in [0.29, 0.717) is 0 Å². The minimum absolute atomic E-state index is 0.791. The van der Waals surface area contributed by atoms with E-state index in [-0.39, 0.29) is 0 Å². The Morgan fingerprint density at radius 2 is 1.66 bits per heavy atom. The smallest absolute Gasteiger partial charge is 0.141 e. The molecule has 0 aliphatic carbocycles. The Morgan fingerprint density at radius 1 is 0.812 bits per heavy atom. The minimum Gasteiger partial charge on any atom is -0.378 e. The van der Waals surface area contributed by atoms with Crippen molar-refractivity contribution >= 4 is 49.6 Å². The number of benzene rings is 3. The number of ether oxygens (including phenoxy) is 1. The molecule has 1 N–H and O–H groups in total. The van der Waals surface area contributed by atoms with Crippen molar-refractivity contribution in [3.8, 4) is 11.1 Å². The van der Waals surface area contributed by atoms with Crippen LogP contribution in [0.2, 0.25) is 0 Å². The average molecular weight is 440 g/mol. The predicted octanol–water partition coefficient (Wildman–Crippen LogP) is 5.49. The first-order valence-corrected chi connectivity index (χ1v) is 11.5. The molecule has 1 aliphatic heterocycles. The molecule has 1 saturated heterocycles. The van der Waals surface area contributed by atoms with Gasteiger partial charge in [-0.3, -0.25) is 0 Å². The van der Waals surface area contributed by atoms with Crippen LogP contribution in [0.25, 0.3) is 32.2 Å². The van der Waals surface area contributed by atoms with Gasteiger partial charge < -0.3 is 15.0 Å². The zero-order valence-electron chi connectivity index (χ0n) is 17.4. The number of nitrogens with zero attached hydrogens (tertiary/aromatic N) is 4. The lowest BCUT2D eigenvalue weighted by atomic mass is 10.0. The summed E-state index contributed by atoms with van der Waals surface area (Å²) < 4.78 is 6.63. The van der Waals surface area contributed by atoms with E-state index >= 15 is 0 Å². The second-order valence-electron chi connectivity index (χ2n) is 7.76. The number of aromatic nitrogens is 3. The molecule has 7 heteroatoms. The highest BCUT2D eigenvalue weighted by Crippen LogP contribution is 2.30. The van der Waals surface area contributed by atoms with Crippen LogP contribution < -0.4 is 10.2 Å². The molecule has 5 aromatic rings. The number of hydrogen-bond acceptors (Lipinski definition) is 7. The molecule has 6 nitrogen and oxygen atoms in total. The van der Waals surface area contributed by atoms with Crippen molar-refractivity contribution in [1.29, 1.82) is 0 Å². The SMILES string of the molecule is c1nc(Nc2ccc3scnc3c2)c2ccc(-c3ccc(N4CCOCC4)cc3)cc2n1. The van der Waals surface area contributed by atoms with Crippen molar-refractivity contribution in [2.75, 3.05) is 36.5 Å². The molecule has 0 bridgehead atoms. The summed E-state index contributed by atoms with van der Waals surface area (Å²) in [4.78, 5) is 15.8. The fourth-order valence-electron chi connectivity index (χ4n) is 4.09. The molecule has 3 heterocycles. The standard InChI is InChI=1S/C25H21N5OS/c1-5-20(30-9-11-31-12-10-30)6-2-17(1)18-3-7-21-22(13-18)26-15-27-25(21)29-19-4-8-24-23(14-19)28-16-32-24/h1-8,13-16H,9-12H2,(H,26,27,29). The molecule has 2 aromatic heterocycles. The molecule has 158 valence electrons. The Labute approximate surface area is 189 Å². The highest BCUT2D eigenvalue weighted by Gasteiger charge is 2.12. The Hall–Kier alpha value is -3.55. The van der Waals surface area contributed by atoms with Gasteiger partial charge in [0.15, 0.2) is 0 Å². The molecule has 0 radical (unpaired) electrons. The average Bonchev–Trinajstić information content (AvgIpc) is 3.33. The molecule has 0 amide bonds. The monoisotopic (exact) mass is 439 g/mol. The summed E-state index contributed by atoms with van der Waals surface area (Å²) >= 11 is 1.64. The molecule has 6 rings (SSSR count). The number of nitrogens with one attached hydrogen (secondary N) is 1. The lowest BCUT2D eigenvalue weighted by Gasteiger charge is -2.28. The predicted molar refractivity (Wildman–Crippen MR) is 131 cm³/mol. The first-order valence-electron chi connectivity index (χ1n) is 10.6. The zero-order valence-corrected chi connectivity index (χ0v) is 18.2. The second kappa shape index (κ2) is 8.18. The van der Waals surface area contributed by atoms with Gasteiger partial charge >= 0.3 is 0 Å². The zero-order chi connectivity index (χ0) is 21.3. The van der Waals surface area contributed by atoms with Crippen LogP contribution in [-0.4, -0.2) is 41.3 Å². The summed E-state index contributed by atoms with van der Waals surface area (Å²) in [5, 5.41) is 4.42. The van der Waals surface area contributed by atoms with Crippen molar-refractivity contribution in [2.45, 2.75) is 0 Å². The summed E-state index contributed by atoms with van der Waals surface area (Å²) in [5.74, 6) is 0.791. The van der Waals surface area contributed by atoms with Gasteiger partial charge in [-0.1, -0.05) is 18.2 Å². The van der Waals surface area contributed by atoms with Gasteiger partial charge in [-0.05, 0) is 53.6 Å². The Kier molecular flexibility index (Phi) is 4.90. The molecular formula is C25H21N5OS. The van der Waals surface area contributed by atoms with E-state index in [4.69, 9.17) is 4.74 Å². The van der Waals surface area contributed by atoms with Crippen LogP contribution in [0.4, 0.5) is 17.2 Å². The summed E-state index contributed by atoms with van der Waals surface area (Å²) in [6, 6.07) is 21.2. The highest BCUT2D eigenvalue weighted by atomic mass is 32.1. The molecule has 0 atom stereocenters. The Bertz CT molecular complexity index is 1390. The van der Waals surface area contributed by atoms with Crippen molar-refractivity contribution in [3.05, 3.63) is 72.5 Å². The third-order valence-electron chi connectivity index (χ3n) is 5.81. The number of anilines is 3. The van der Waals surface area contributed by atoms with Gasteiger partial charge in [0.1, 0.15) is 12.1 Å². The molecule has 0 saturated carbocycles. The molecule has 1 aliphatic rings. The number of hydrogen-bond donors (Lipinski definition) is 1.